The Bertz CT molecular complexity index is 835. The van der Waals surface area contributed by atoms with Crippen LogP contribution in [0, 0.1) is 18.6 Å². The van der Waals surface area contributed by atoms with E-state index < -0.39 is 11.6 Å². The average molecular weight is 396 g/mol. The molecule has 0 bridgehead atoms. The number of nitrogens with one attached hydrogen (secondary N) is 1. The zero-order valence-corrected chi connectivity index (χ0v) is 15.8. The molecule has 27 heavy (non-hydrogen) atoms. The van der Waals surface area contributed by atoms with E-state index in [-0.39, 0.29) is 11.7 Å². The van der Waals surface area contributed by atoms with Gasteiger partial charge in [0.2, 0.25) is 0 Å². The highest BCUT2D eigenvalue weighted by atomic mass is 35.5. The molecule has 1 aliphatic heterocycles. The molecule has 1 aliphatic rings. The van der Waals surface area contributed by atoms with Gasteiger partial charge in [-0.25, -0.2) is 13.6 Å². The van der Waals surface area contributed by atoms with E-state index in [2.05, 4.69) is 5.32 Å². The van der Waals surface area contributed by atoms with E-state index in [1.54, 1.807) is 21.9 Å². The maximum absolute atomic E-state index is 13.9. The number of anilines is 2. The van der Waals surface area contributed by atoms with Crippen molar-refractivity contribution < 1.29 is 18.3 Å². The third-order valence-electron chi connectivity index (χ3n) is 4.54. The smallest absolute Gasteiger partial charge is 0.322 e. The van der Waals surface area contributed by atoms with Gasteiger partial charge < -0.3 is 19.9 Å². The van der Waals surface area contributed by atoms with Crippen molar-refractivity contribution in [3.8, 4) is 5.75 Å². The number of rotatable bonds is 3. The minimum Gasteiger partial charge on any atom is -0.495 e. The first-order valence-corrected chi connectivity index (χ1v) is 8.87. The van der Waals surface area contributed by atoms with Crippen LogP contribution in [0.3, 0.4) is 0 Å². The number of nitrogens with zero attached hydrogens (tertiary/aromatic N) is 2. The summed E-state index contributed by atoms with van der Waals surface area (Å²) in [4.78, 5) is 15.8. The lowest BCUT2D eigenvalue weighted by atomic mass is 10.2. The van der Waals surface area contributed by atoms with Gasteiger partial charge in [0.15, 0.2) is 0 Å². The molecular weight excluding hydrogens is 376 g/mol. The Kier molecular flexibility index (Phi) is 5.70. The van der Waals surface area contributed by atoms with Gasteiger partial charge in [0.05, 0.1) is 12.8 Å². The van der Waals surface area contributed by atoms with Crippen LogP contribution in [0.25, 0.3) is 0 Å². The summed E-state index contributed by atoms with van der Waals surface area (Å²) in [6.45, 7) is 3.19. The monoisotopic (exact) mass is 395 g/mol. The molecule has 2 aromatic rings. The lowest BCUT2D eigenvalue weighted by molar-refractivity contribution is 0.208. The van der Waals surface area contributed by atoms with E-state index in [9.17, 15) is 13.6 Å². The number of aryl methyl sites for hydroxylation is 1. The van der Waals surface area contributed by atoms with E-state index in [4.69, 9.17) is 16.3 Å². The molecule has 1 saturated heterocycles. The first-order chi connectivity index (χ1) is 12.9. The Balaban J connectivity index is 1.67. The van der Waals surface area contributed by atoms with Crippen molar-refractivity contribution in [3.05, 3.63) is 52.6 Å². The number of carbonyl (C=O) groups is 1. The molecule has 2 aromatic carbocycles. The van der Waals surface area contributed by atoms with Crippen molar-refractivity contribution in [1.82, 2.24) is 4.90 Å². The van der Waals surface area contributed by atoms with Crippen LogP contribution in [0.4, 0.5) is 25.0 Å². The number of benzene rings is 2. The Hall–Kier alpha value is -2.54. The molecule has 0 aliphatic carbocycles. The second kappa shape index (κ2) is 8.00. The summed E-state index contributed by atoms with van der Waals surface area (Å²) in [6.07, 6.45) is 0. The molecule has 5 nitrogen and oxygen atoms in total. The minimum atomic E-state index is -0.603. The van der Waals surface area contributed by atoms with Gasteiger partial charge in [-0.05, 0) is 30.7 Å². The quantitative estimate of drug-likeness (QED) is 0.843. The van der Waals surface area contributed by atoms with Crippen molar-refractivity contribution in [2.75, 3.05) is 43.5 Å². The van der Waals surface area contributed by atoms with Crippen molar-refractivity contribution in [3.63, 3.8) is 0 Å². The van der Waals surface area contributed by atoms with Gasteiger partial charge >= 0.3 is 6.03 Å². The number of methoxy groups -OCH3 is 1. The molecule has 1 fully saturated rings. The molecule has 0 spiro atoms. The van der Waals surface area contributed by atoms with E-state index in [0.717, 1.165) is 5.56 Å². The highest BCUT2D eigenvalue weighted by Gasteiger charge is 2.25. The largest absolute Gasteiger partial charge is 0.495 e. The van der Waals surface area contributed by atoms with Crippen LogP contribution in [0.1, 0.15) is 5.56 Å². The van der Waals surface area contributed by atoms with Gasteiger partial charge in [0.1, 0.15) is 23.1 Å². The number of halogens is 3. The number of hydrogen-bond donors (Lipinski definition) is 1. The Morgan fingerprint density at radius 1 is 1.15 bits per heavy atom. The maximum atomic E-state index is 13.9. The molecule has 0 unspecified atom stereocenters. The molecule has 0 aromatic heterocycles. The number of carbonyl (C=O) groups excluding carboxylic acids is 1. The lowest BCUT2D eigenvalue weighted by Crippen LogP contribution is -2.50. The van der Waals surface area contributed by atoms with Crippen molar-refractivity contribution in [1.29, 1.82) is 0 Å². The predicted octanol–water partition coefficient (Wildman–Crippen LogP) is 4.29. The molecule has 2 amide bonds. The molecule has 0 atom stereocenters. The molecule has 144 valence electrons. The van der Waals surface area contributed by atoms with Gasteiger partial charge in [0.25, 0.3) is 0 Å². The number of ether oxygens (including phenoxy) is 1. The average Bonchev–Trinajstić information content (AvgIpc) is 2.65. The van der Waals surface area contributed by atoms with Crippen LogP contribution in [0.5, 0.6) is 5.75 Å². The maximum Gasteiger partial charge on any atom is 0.322 e. The van der Waals surface area contributed by atoms with Gasteiger partial charge in [-0.3, -0.25) is 0 Å². The van der Waals surface area contributed by atoms with Crippen LogP contribution in [0.15, 0.2) is 30.3 Å². The standard InChI is InChI=1S/C19H20ClF2N3O2/c1-12-10-16(17(27-2)11-13(12)20)23-19(26)25-8-6-24(7-9-25)18-14(21)4-3-5-15(18)22/h3-5,10-11H,6-9H2,1-2H3,(H,23,26). The number of hydrogen-bond acceptors (Lipinski definition) is 3. The fourth-order valence-electron chi connectivity index (χ4n) is 3.05. The number of urea groups is 1. The number of amides is 2. The van der Waals surface area contributed by atoms with Gasteiger partial charge in [0, 0.05) is 37.3 Å². The van der Waals surface area contributed by atoms with Crippen LogP contribution >= 0.6 is 11.6 Å². The Morgan fingerprint density at radius 2 is 1.78 bits per heavy atom. The summed E-state index contributed by atoms with van der Waals surface area (Å²) < 4.78 is 33.1. The van der Waals surface area contributed by atoms with Crippen molar-refractivity contribution in [2.24, 2.45) is 0 Å². The summed E-state index contributed by atoms with van der Waals surface area (Å²) in [5.74, 6) is -0.741. The van der Waals surface area contributed by atoms with Crippen LogP contribution in [0.2, 0.25) is 5.02 Å². The van der Waals surface area contributed by atoms with E-state index in [0.29, 0.717) is 42.6 Å². The second-order valence-electron chi connectivity index (χ2n) is 6.28. The summed E-state index contributed by atoms with van der Waals surface area (Å²) in [6, 6.07) is 6.87. The topological polar surface area (TPSA) is 44.8 Å². The van der Waals surface area contributed by atoms with Gasteiger partial charge in [-0.15, -0.1) is 0 Å². The Labute approximate surface area is 161 Å². The van der Waals surface area contributed by atoms with Crippen LogP contribution < -0.4 is 15.0 Å². The van der Waals surface area contributed by atoms with Crippen molar-refractivity contribution >= 4 is 29.0 Å². The minimum absolute atomic E-state index is 0.0486. The summed E-state index contributed by atoms with van der Waals surface area (Å²) in [5.41, 5.74) is 1.28. The van der Waals surface area contributed by atoms with Crippen LogP contribution in [-0.4, -0.2) is 44.2 Å². The predicted molar refractivity (Wildman–Crippen MR) is 102 cm³/mol. The molecule has 1 N–H and O–H groups in total. The zero-order valence-electron chi connectivity index (χ0n) is 15.1. The van der Waals surface area contributed by atoms with Gasteiger partial charge in [-0.2, -0.15) is 0 Å². The molecular formula is C19H20ClF2N3O2. The highest BCUT2D eigenvalue weighted by molar-refractivity contribution is 6.31. The second-order valence-corrected chi connectivity index (χ2v) is 6.68. The molecule has 0 saturated carbocycles. The fraction of sp³-hybridized carbons (Fsp3) is 0.316. The molecule has 1 heterocycles. The lowest BCUT2D eigenvalue weighted by Gasteiger charge is -2.36. The first-order valence-electron chi connectivity index (χ1n) is 8.49. The summed E-state index contributed by atoms with van der Waals surface area (Å²) in [7, 11) is 1.50. The number of para-hydroxylation sites is 1. The van der Waals surface area contributed by atoms with Gasteiger partial charge in [-0.1, -0.05) is 17.7 Å². The summed E-state index contributed by atoms with van der Waals surface area (Å²) >= 11 is 6.08. The normalized spacial score (nSPS) is 14.3. The molecule has 0 radical (unpaired) electrons. The first kappa shape index (κ1) is 19.2. The highest BCUT2D eigenvalue weighted by Crippen LogP contribution is 2.31. The third kappa shape index (κ3) is 4.08. The van der Waals surface area contributed by atoms with E-state index in [1.807, 2.05) is 6.92 Å². The third-order valence-corrected chi connectivity index (χ3v) is 4.95. The SMILES string of the molecule is COc1cc(Cl)c(C)cc1NC(=O)N1CCN(c2c(F)cccc2F)CC1. The summed E-state index contributed by atoms with van der Waals surface area (Å²) in [5, 5.41) is 3.36. The van der Waals surface area contributed by atoms with E-state index >= 15 is 0 Å². The van der Waals surface area contributed by atoms with E-state index in [1.165, 1.54) is 25.3 Å². The molecule has 8 heteroatoms. The zero-order chi connectivity index (χ0) is 19.6. The van der Waals surface area contributed by atoms with Crippen molar-refractivity contribution in [2.45, 2.75) is 6.92 Å². The number of piperazine rings is 1. The van der Waals surface area contributed by atoms with Crippen LogP contribution in [-0.2, 0) is 0 Å². The Morgan fingerprint density at radius 3 is 2.37 bits per heavy atom. The fourth-order valence-corrected chi connectivity index (χ4v) is 3.20. The molecule has 3 rings (SSSR count).